The highest BCUT2D eigenvalue weighted by Crippen LogP contribution is 2.14. The van der Waals surface area contributed by atoms with Crippen LogP contribution in [-0.4, -0.2) is 16.5 Å². The molecular weight excluding hydrogens is 128 g/mol. The Morgan fingerprint density at radius 1 is 1.50 bits per heavy atom. The lowest BCUT2D eigenvalue weighted by Gasteiger charge is -2.19. The largest absolute Gasteiger partial charge is 0.390 e. The van der Waals surface area contributed by atoms with Crippen molar-refractivity contribution in [1.29, 1.82) is 0 Å². The van der Waals surface area contributed by atoms with Crippen molar-refractivity contribution in [2.45, 2.75) is 45.6 Å². The average molecular weight is 144 g/mol. The molecule has 0 radical (unpaired) electrons. The van der Waals surface area contributed by atoms with Gasteiger partial charge in [0.15, 0.2) is 0 Å². The van der Waals surface area contributed by atoms with Crippen LogP contribution in [0.2, 0.25) is 0 Å². The van der Waals surface area contributed by atoms with Crippen LogP contribution in [0.1, 0.15) is 40.0 Å². The number of hydrogen-bond acceptors (Lipinski definition) is 2. The molecule has 0 fully saturated rings. The Balaban J connectivity index is 3.76. The van der Waals surface area contributed by atoms with E-state index in [1.54, 1.807) is 6.92 Å². The lowest BCUT2D eigenvalue weighted by Crippen LogP contribution is -2.26. The first-order valence-corrected chi connectivity index (χ1v) is 3.76. The Labute approximate surface area is 62.2 Å². The van der Waals surface area contributed by atoms with Gasteiger partial charge in [-0.1, -0.05) is 13.8 Å². The summed E-state index contributed by atoms with van der Waals surface area (Å²) in [6.45, 7) is 5.39. The van der Waals surface area contributed by atoms with Crippen LogP contribution in [-0.2, 0) is 4.79 Å². The fourth-order valence-electron chi connectivity index (χ4n) is 0.675. The molecule has 0 amide bonds. The standard InChI is InChI=1S/C8H16O2/c1-4-7(9)6-8(3,10)5-2/h10H,4-6H2,1-3H3/t8-/m1/s1. The molecule has 0 aromatic rings. The Bertz CT molecular complexity index is 116. The highest BCUT2D eigenvalue weighted by molar-refractivity contribution is 5.78. The zero-order chi connectivity index (χ0) is 8.20. The van der Waals surface area contributed by atoms with E-state index >= 15 is 0 Å². The third-order valence-corrected chi connectivity index (χ3v) is 1.73. The van der Waals surface area contributed by atoms with Gasteiger partial charge in [0.05, 0.1) is 5.60 Å². The minimum absolute atomic E-state index is 0.131. The summed E-state index contributed by atoms with van der Waals surface area (Å²) < 4.78 is 0. The molecule has 0 aliphatic carbocycles. The molecule has 0 saturated carbocycles. The normalized spacial score (nSPS) is 16.4. The van der Waals surface area contributed by atoms with E-state index in [4.69, 9.17) is 0 Å². The third-order valence-electron chi connectivity index (χ3n) is 1.73. The Morgan fingerprint density at radius 2 is 2.00 bits per heavy atom. The van der Waals surface area contributed by atoms with Gasteiger partial charge in [-0.25, -0.2) is 0 Å². The molecule has 0 aromatic carbocycles. The topological polar surface area (TPSA) is 37.3 Å². The van der Waals surface area contributed by atoms with Crippen molar-refractivity contribution in [2.75, 3.05) is 0 Å². The zero-order valence-corrected chi connectivity index (χ0v) is 6.98. The summed E-state index contributed by atoms with van der Waals surface area (Å²) in [5.41, 5.74) is -0.785. The third kappa shape index (κ3) is 3.62. The number of Topliss-reactive ketones (excluding diaryl/α,β-unsaturated/α-hetero) is 1. The van der Waals surface area contributed by atoms with Crippen molar-refractivity contribution in [3.05, 3.63) is 0 Å². The predicted molar refractivity (Wildman–Crippen MR) is 40.8 cm³/mol. The molecule has 0 rings (SSSR count). The molecule has 0 bridgehead atoms. The van der Waals surface area contributed by atoms with Crippen molar-refractivity contribution in [2.24, 2.45) is 0 Å². The van der Waals surface area contributed by atoms with Gasteiger partial charge in [0, 0.05) is 12.8 Å². The van der Waals surface area contributed by atoms with E-state index in [1.807, 2.05) is 13.8 Å². The SMILES string of the molecule is CCC(=O)C[C@](C)(O)CC. The van der Waals surface area contributed by atoms with Gasteiger partial charge in [0.2, 0.25) is 0 Å². The Hall–Kier alpha value is -0.370. The highest BCUT2D eigenvalue weighted by atomic mass is 16.3. The van der Waals surface area contributed by atoms with Crippen LogP contribution in [0.25, 0.3) is 0 Å². The fraction of sp³-hybridized carbons (Fsp3) is 0.875. The summed E-state index contributed by atoms with van der Waals surface area (Å²) >= 11 is 0. The van der Waals surface area contributed by atoms with Crippen LogP contribution in [0.3, 0.4) is 0 Å². The fourth-order valence-corrected chi connectivity index (χ4v) is 0.675. The van der Waals surface area contributed by atoms with E-state index < -0.39 is 5.60 Å². The van der Waals surface area contributed by atoms with E-state index in [2.05, 4.69) is 0 Å². The number of rotatable bonds is 4. The molecule has 1 N–H and O–H groups in total. The van der Waals surface area contributed by atoms with Gasteiger partial charge in [-0.2, -0.15) is 0 Å². The second-order valence-corrected chi connectivity index (χ2v) is 2.92. The van der Waals surface area contributed by atoms with Crippen molar-refractivity contribution >= 4 is 5.78 Å². The molecule has 0 heterocycles. The van der Waals surface area contributed by atoms with Crippen LogP contribution in [0.5, 0.6) is 0 Å². The van der Waals surface area contributed by atoms with Gasteiger partial charge in [0.1, 0.15) is 5.78 Å². The first kappa shape index (κ1) is 9.63. The van der Waals surface area contributed by atoms with E-state index in [-0.39, 0.29) is 5.78 Å². The van der Waals surface area contributed by atoms with Crippen LogP contribution in [0.4, 0.5) is 0 Å². The van der Waals surface area contributed by atoms with E-state index in [0.29, 0.717) is 19.3 Å². The number of ketones is 1. The van der Waals surface area contributed by atoms with Crippen LogP contribution < -0.4 is 0 Å². The number of carbonyl (C=O) groups excluding carboxylic acids is 1. The summed E-state index contributed by atoms with van der Waals surface area (Å²) in [4.78, 5) is 10.8. The lowest BCUT2D eigenvalue weighted by molar-refractivity contribution is -0.123. The van der Waals surface area contributed by atoms with E-state index in [0.717, 1.165) is 0 Å². The molecule has 0 aliphatic rings. The first-order valence-electron chi connectivity index (χ1n) is 3.76. The number of aliphatic hydroxyl groups is 1. The van der Waals surface area contributed by atoms with Crippen LogP contribution >= 0.6 is 0 Å². The molecule has 60 valence electrons. The summed E-state index contributed by atoms with van der Waals surface area (Å²) in [6.07, 6.45) is 1.45. The maximum atomic E-state index is 10.8. The van der Waals surface area contributed by atoms with Gasteiger partial charge >= 0.3 is 0 Å². The summed E-state index contributed by atoms with van der Waals surface area (Å²) in [5.74, 6) is 0.131. The molecule has 1 atom stereocenters. The van der Waals surface area contributed by atoms with Gasteiger partial charge in [0.25, 0.3) is 0 Å². The van der Waals surface area contributed by atoms with Crippen molar-refractivity contribution in [3.8, 4) is 0 Å². The highest BCUT2D eigenvalue weighted by Gasteiger charge is 2.20. The monoisotopic (exact) mass is 144 g/mol. The average Bonchev–Trinajstić information content (AvgIpc) is 1.87. The second-order valence-electron chi connectivity index (χ2n) is 2.92. The minimum Gasteiger partial charge on any atom is -0.390 e. The molecular formula is C8H16O2. The molecule has 0 unspecified atom stereocenters. The molecule has 0 aromatic heterocycles. The lowest BCUT2D eigenvalue weighted by atomic mass is 9.96. The molecule has 10 heavy (non-hydrogen) atoms. The predicted octanol–water partition coefficient (Wildman–Crippen LogP) is 1.52. The second kappa shape index (κ2) is 3.71. The van der Waals surface area contributed by atoms with Gasteiger partial charge in [-0.05, 0) is 13.3 Å². The maximum Gasteiger partial charge on any atom is 0.135 e. The summed E-state index contributed by atoms with van der Waals surface area (Å²) in [7, 11) is 0. The first-order chi connectivity index (χ1) is 4.52. The van der Waals surface area contributed by atoms with Gasteiger partial charge in [-0.15, -0.1) is 0 Å². The van der Waals surface area contributed by atoms with Crippen LogP contribution in [0.15, 0.2) is 0 Å². The minimum atomic E-state index is -0.785. The summed E-state index contributed by atoms with van der Waals surface area (Å²) in [5, 5.41) is 9.40. The molecule has 2 heteroatoms. The molecule has 0 saturated heterocycles. The van der Waals surface area contributed by atoms with Gasteiger partial charge < -0.3 is 5.11 Å². The smallest absolute Gasteiger partial charge is 0.135 e. The zero-order valence-electron chi connectivity index (χ0n) is 6.98. The van der Waals surface area contributed by atoms with Crippen molar-refractivity contribution in [3.63, 3.8) is 0 Å². The maximum absolute atomic E-state index is 10.8. The summed E-state index contributed by atoms with van der Waals surface area (Å²) in [6, 6.07) is 0. The number of carbonyl (C=O) groups is 1. The molecule has 2 nitrogen and oxygen atoms in total. The van der Waals surface area contributed by atoms with Crippen LogP contribution in [0, 0.1) is 0 Å². The van der Waals surface area contributed by atoms with Gasteiger partial charge in [-0.3, -0.25) is 4.79 Å². The Kier molecular flexibility index (Phi) is 3.58. The quantitative estimate of drug-likeness (QED) is 0.649. The molecule has 0 aliphatic heterocycles. The number of hydrogen-bond donors (Lipinski definition) is 1. The van der Waals surface area contributed by atoms with E-state index in [9.17, 15) is 9.90 Å². The molecule has 0 spiro atoms. The van der Waals surface area contributed by atoms with Crippen molar-refractivity contribution < 1.29 is 9.90 Å². The van der Waals surface area contributed by atoms with E-state index in [1.165, 1.54) is 0 Å². The van der Waals surface area contributed by atoms with Crippen molar-refractivity contribution in [1.82, 2.24) is 0 Å². The Morgan fingerprint density at radius 3 is 2.30 bits per heavy atom.